The molecule has 1 aromatic carbocycles. The lowest BCUT2D eigenvalue weighted by Crippen LogP contribution is -2.29. The van der Waals surface area contributed by atoms with Crippen molar-refractivity contribution in [3.8, 4) is 0 Å². The van der Waals surface area contributed by atoms with Gasteiger partial charge in [-0.1, -0.05) is 35.3 Å². The summed E-state index contributed by atoms with van der Waals surface area (Å²) < 4.78 is 28.0. The third-order valence-electron chi connectivity index (χ3n) is 3.43. The minimum Gasteiger partial charge on any atom is -0.207 e. The second kappa shape index (κ2) is 5.89. The highest BCUT2D eigenvalue weighted by Gasteiger charge is 2.36. The van der Waals surface area contributed by atoms with Crippen molar-refractivity contribution < 1.29 is 8.42 Å². The highest BCUT2D eigenvalue weighted by Crippen LogP contribution is 2.43. The maximum absolute atomic E-state index is 12.6. The summed E-state index contributed by atoms with van der Waals surface area (Å²) in [4.78, 5) is 1.05. The molecule has 2 aromatic rings. The molecular weight excluding hydrogens is 349 g/mol. The van der Waals surface area contributed by atoms with Crippen molar-refractivity contribution in [3.63, 3.8) is 0 Å². The van der Waals surface area contributed by atoms with Crippen LogP contribution in [0.1, 0.15) is 23.8 Å². The third-order valence-corrected chi connectivity index (χ3v) is 6.80. The maximum Gasteiger partial charge on any atom is 0.242 e. The Morgan fingerprint density at radius 3 is 2.57 bits per heavy atom. The molecule has 1 fully saturated rings. The minimum atomic E-state index is -3.70. The molecule has 1 heterocycles. The van der Waals surface area contributed by atoms with E-state index < -0.39 is 10.0 Å². The summed E-state index contributed by atoms with van der Waals surface area (Å²) >= 11 is 13.5. The largest absolute Gasteiger partial charge is 0.242 e. The van der Waals surface area contributed by atoms with E-state index in [0.29, 0.717) is 5.92 Å². The molecule has 0 aliphatic heterocycles. The predicted molar refractivity (Wildman–Crippen MR) is 86.6 cm³/mol. The molecule has 0 spiro atoms. The number of benzene rings is 1. The van der Waals surface area contributed by atoms with Crippen LogP contribution in [0.5, 0.6) is 0 Å². The first-order valence-electron chi connectivity index (χ1n) is 6.49. The van der Waals surface area contributed by atoms with Crippen LogP contribution >= 0.6 is 34.5 Å². The van der Waals surface area contributed by atoms with Crippen LogP contribution in [0.3, 0.4) is 0 Å². The molecule has 3 rings (SSSR count). The minimum absolute atomic E-state index is 0.0267. The van der Waals surface area contributed by atoms with Crippen molar-refractivity contribution in [2.24, 2.45) is 5.92 Å². The van der Waals surface area contributed by atoms with Gasteiger partial charge in [0.1, 0.15) is 4.90 Å². The van der Waals surface area contributed by atoms with Crippen LogP contribution in [0.2, 0.25) is 10.0 Å². The Morgan fingerprint density at radius 2 is 1.95 bits per heavy atom. The molecule has 7 heteroatoms. The number of thiophene rings is 1. The van der Waals surface area contributed by atoms with Gasteiger partial charge >= 0.3 is 0 Å². The van der Waals surface area contributed by atoms with E-state index in [1.54, 1.807) is 23.5 Å². The van der Waals surface area contributed by atoms with Gasteiger partial charge in [-0.05, 0) is 42.3 Å². The first-order valence-corrected chi connectivity index (χ1v) is 9.60. The second-order valence-corrected chi connectivity index (χ2v) is 8.45. The molecule has 112 valence electrons. The molecule has 1 saturated carbocycles. The molecule has 1 aromatic heterocycles. The van der Waals surface area contributed by atoms with Crippen LogP contribution in [0.4, 0.5) is 0 Å². The lowest BCUT2D eigenvalue weighted by molar-refractivity contribution is 0.533. The Balaban J connectivity index is 1.93. The third kappa shape index (κ3) is 3.27. The van der Waals surface area contributed by atoms with Gasteiger partial charge in [0, 0.05) is 4.88 Å². The summed E-state index contributed by atoms with van der Waals surface area (Å²) in [5, 5.41) is 2.25. The Hall–Kier alpha value is -0.590. The van der Waals surface area contributed by atoms with E-state index in [9.17, 15) is 8.42 Å². The average Bonchev–Trinajstić information content (AvgIpc) is 3.13. The highest BCUT2D eigenvalue weighted by molar-refractivity contribution is 7.89. The van der Waals surface area contributed by atoms with Gasteiger partial charge in [0.25, 0.3) is 0 Å². The predicted octanol–water partition coefficient (Wildman–Crippen LogP) is 4.48. The zero-order chi connectivity index (χ0) is 15.0. The second-order valence-electron chi connectivity index (χ2n) is 5.00. The Morgan fingerprint density at radius 1 is 1.19 bits per heavy atom. The van der Waals surface area contributed by atoms with Gasteiger partial charge in [-0.2, -0.15) is 0 Å². The number of nitrogens with one attached hydrogen (secondary N) is 1. The monoisotopic (exact) mass is 361 g/mol. The first kappa shape index (κ1) is 15.3. The van der Waals surface area contributed by atoms with E-state index >= 15 is 0 Å². The fourth-order valence-corrected chi connectivity index (χ4v) is 5.20. The molecule has 1 unspecified atom stereocenters. The van der Waals surface area contributed by atoms with Crippen molar-refractivity contribution in [1.29, 1.82) is 0 Å². The lowest BCUT2D eigenvalue weighted by Gasteiger charge is -2.17. The fourth-order valence-electron chi connectivity index (χ4n) is 2.21. The summed E-state index contributed by atoms with van der Waals surface area (Å²) in [5.74, 6) is 0.358. The number of halogens is 2. The Bertz CT molecular complexity index is 740. The molecule has 1 aliphatic rings. The standard InChI is InChI=1S/C14H13Cl2NO2S2/c15-10-3-1-5-12(13(10)16)21(18,19)17-14(9-6-7-9)11-4-2-8-20-11/h1-5,8-9,14,17H,6-7H2. The molecule has 0 bridgehead atoms. The normalized spacial score (nSPS) is 16.9. The zero-order valence-electron chi connectivity index (χ0n) is 10.9. The van der Waals surface area contributed by atoms with E-state index in [0.717, 1.165) is 17.7 Å². The van der Waals surface area contributed by atoms with E-state index in [4.69, 9.17) is 23.2 Å². The molecule has 3 nitrogen and oxygen atoms in total. The molecule has 0 saturated heterocycles. The van der Waals surface area contributed by atoms with Crippen molar-refractivity contribution in [2.75, 3.05) is 0 Å². The zero-order valence-corrected chi connectivity index (χ0v) is 14.1. The van der Waals surface area contributed by atoms with Gasteiger partial charge in [0.15, 0.2) is 0 Å². The van der Waals surface area contributed by atoms with Crippen molar-refractivity contribution in [3.05, 3.63) is 50.6 Å². The van der Waals surface area contributed by atoms with Gasteiger partial charge < -0.3 is 0 Å². The highest BCUT2D eigenvalue weighted by atomic mass is 35.5. The van der Waals surface area contributed by atoms with Crippen LogP contribution in [-0.2, 0) is 10.0 Å². The van der Waals surface area contributed by atoms with Crippen LogP contribution in [0.15, 0.2) is 40.6 Å². The molecule has 1 atom stereocenters. The maximum atomic E-state index is 12.6. The molecular formula is C14H13Cl2NO2S2. The van der Waals surface area contributed by atoms with Gasteiger partial charge in [0.2, 0.25) is 10.0 Å². The smallest absolute Gasteiger partial charge is 0.207 e. The topological polar surface area (TPSA) is 46.2 Å². The summed E-state index contributed by atoms with van der Waals surface area (Å²) in [6.07, 6.45) is 2.07. The van der Waals surface area contributed by atoms with E-state index in [2.05, 4.69) is 4.72 Å². The molecule has 0 amide bonds. The molecule has 1 aliphatic carbocycles. The SMILES string of the molecule is O=S(=O)(NC(c1cccs1)C1CC1)c1cccc(Cl)c1Cl. The fraction of sp³-hybridized carbons (Fsp3) is 0.286. The van der Waals surface area contributed by atoms with Crippen LogP contribution in [-0.4, -0.2) is 8.42 Å². The summed E-state index contributed by atoms with van der Waals surface area (Å²) in [7, 11) is -3.70. The van der Waals surface area contributed by atoms with Crippen molar-refractivity contribution in [2.45, 2.75) is 23.8 Å². The van der Waals surface area contributed by atoms with Crippen molar-refractivity contribution >= 4 is 44.6 Å². The number of hydrogen-bond donors (Lipinski definition) is 1. The lowest BCUT2D eigenvalue weighted by atomic mass is 10.2. The molecule has 0 radical (unpaired) electrons. The van der Waals surface area contributed by atoms with Crippen LogP contribution < -0.4 is 4.72 Å². The van der Waals surface area contributed by atoms with Crippen LogP contribution in [0, 0.1) is 5.92 Å². The summed E-state index contributed by atoms with van der Waals surface area (Å²) in [6.45, 7) is 0. The Labute approximate surface area is 137 Å². The number of rotatable bonds is 5. The molecule has 21 heavy (non-hydrogen) atoms. The van der Waals surface area contributed by atoms with Gasteiger partial charge in [0.05, 0.1) is 16.1 Å². The first-order chi connectivity index (χ1) is 9.99. The van der Waals surface area contributed by atoms with Gasteiger partial charge in [-0.25, -0.2) is 13.1 Å². The summed E-state index contributed by atoms with van der Waals surface area (Å²) in [6, 6.07) is 8.31. The average molecular weight is 362 g/mol. The van der Waals surface area contributed by atoms with Crippen LogP contribution in [0.25, 0.3) is 0 Å². The Kier molecular flexibility index (Phi) is 4.30. The number of hydrogen-bond acceptors (Lipinski definition) is 3. The number of sulfonamides is 1. The summed E-state index contributed by atoms with van der Waals surface area (Å²) in [5.41, 5.74) is 0. The molecule has 1 N–H and O–H groups in total. The van der Waals surface area contributed by atoms with E-state index in [1.165, 1.54) is 6.07 Å². The van der Waals surface area contributed by atoms with Gasteiger partial charge in [-0.3, -0.25) is 0 Å². The van der Waals surface area contributed by atoms with E-state index in [1.807, 2.05) is 17.5 Å². The van der Waals surface area contributed by atoms with Crippen molar-refractivity contribution in [1.82, 2.24) is 4.72 Å². The quantitative estimate of drug-likeness (QED) is 0.852. The van der Waals surface area contributed by atoms with Gasteiger partial charge in [-0.15, -0.1) is 11.3 Å². The van der Waals surface area contributed by atoms with E-state index in [-0.39, 0.29) is 21.0 Å².